The Morgan fingerprint density at radius 1 is 1.08 bits per heavy atom. The van der Waals surface area contributed by atoms with E-state index in [1.54, 1.807) is 0 Å². The van der Waals surface area contributed by atoms with Crippen molar-refractivity contribution in [1.29, 1.82) is 0 Å². The van der Waals surface area contributed by atoms with Crippen LogP contribution in [0, 0.1) is 17.0 Å². The second kappa shape index (κ2) is 10.2. The number of methoxy groups -OCH3 is 1. The molecular formula is C32H35F2NO4. The van der Waals surface area contributed by atoms with E-state index in [0.29, 0.717) is 16.9 Å². The van der Waals surface area contributed by atoms with Crippen molar-refractivity contribution < 1.29 is 28.2 Å². The molecule has 7 heteroatoms. The summed E-state index contributed by atoms with van der Waals surface area (Å²) in [5.41, 5.74) is 3.70. The van der Waals surface area contributed by atoms with E-state index in [-0.39, 0.29) is 35.8 Å². The molecule has 1 aromatic heterocycles. The highest BCUT2D eigenvalue weighted by atomic mass is 19.1. The smallest absolute Gasteiger partial charge is 0.304 e. The highest BCUT2D eigenvalue weighted by molar-refractivity contribution is 5.71. The Morgan fingerprint density at radius 3 is 2.56 bits per heavy atom. The number of hydrogen-bond acceptors (Lipinski definition) is 4. The number of benzene rings is 2. The number of ether oxygens (including phenoxy) is 2. The van der Waals surface area contributed by atoms with Gasteiger partial charge in [0, 0.05) is 22.6 Å². The van der Waals surface area contributed by atoms with Crippen LogP contribution in [0.5, 0.6) is 11.6 Å². The molecule has 1 heterocycles. The van der Waals surface area contributed by atoms with Crippen LogP contribution in [0.1, 0.15) is 81.0 Å². The Bertz CT molecular complexity index is 1420. The molecule has 1 N–H and O–H groups in total. The molecule has 5 nitrogen and oxygen atoms in total. The second-order valence-corrected chi connectivity index (χ2v) is 11.9. The number of hydrogen-bond donors (Lipinski definition) is 1. The molecule has 1 saturated carbocycles. The maximum atomic E-state index is 15.6. The molecule has 2 aromatic carbocycles. The van der Waals surface area contributed by atoms with E-state index < -0.39 is 23.0 Å². The zero-order valence-corrected chi connectivity index (χ0v) is 22.9. The van der Waals surface area contributed by atoms with Gasteiger partial charge in [0.2, 0.25) is 5.88 Å². The minimum absolute atomic E-state index is 0.00282. The largest absolute Gasteiger partial charge is 0.489 e. The van der Waals surface area contributed by atoms with Crippen molar-refractivity contribution in [3.8, 4) is 22.8 Å². The average molecular weight is 536 g/mol. The average Bonchev–Trinajstić information content (AvgIpc) is 3.41. The molecule has 2 aliphatic carbocycles. The van der Waals surface area contributed by atoms with Gasteiger partial charge in [-0.3, -0.25) is 4.79 Å². The number of halogens is 2. The van der Waals surface area contributed by atoms with Crippen molar-refractivity contribution in [2.24, 2.45) is 5.41 Å². The van der Waals surface area contributed by atoms with Crippen LogP contribution in [0.2, 0.25) is 0 Å². The fourth-order valence-electron chi connectivity index (χ4n) is 6.56. The van der Waals surface area contributed by atoms with Crippen LogP contribution in [-0.4, -0.2) is 23.2 Å². The van der Waals surface area contributed by atoms with Gasteiger partial charge in [0.25, 0.3) is 0 Å². The lowest BCUT2D eigenvalue weighted by Crippen LogP contribution is -2.22. The Kier molecular flexibility index (Phi) is 7.12. The second-order valence-electron chi connectivity index (χ2n) is 11.9. The van der Waals surface area contributed by atoms with E-state index >= 15 is 8.78 Å². The van der Waals surface area contributed by atoms with E-state index in [0.717, 1.165) is 55.0 Å². The topological polar surface area (TPSA) is 68.7 Å². The summed E-state index contributed by atoms with van der Waals surface area (Å²) < 4.78 is 41.9. The standard InChI is InChI=1S/C32H35F2NO4/c1-31(2)10-5-6-25(31)23-12-20(27(33)14-22(23)24-15-29(38-4)35-17-28(24)34)18-39-21-8-7-19-9-11-32(3,16-30(36)37)26(19)13-21/h7-8,12-15,17,25H,5-6,9-11,16,18H2,1-4H3,(H,36,37)/t25-,32+/m1/s1. The Hall–Kier alpha value is -3.48. The number of nitrogens with zero attached hydrogens (tertiary/aromatic N) is 1. The van der Waals surface area contributed by atoms with Crippen LogP contribution < -0.4 is 9.47 Å². The third-order valence-electron chi connectivity index (χ3n) is 8.79. The van der Waals surface area contributed by atoms with E-state index in [1.165, 1.54) is 19.2 Å². The lowest BCUT2D eigenvalue weighted by molar-refractivity contribution is -0.138. The highest BCUT2D eigenvalue weighted by Gasteiger charge is 2.38. The summed E-state index contributed by atoms with van der Waals surface area (Å²) in [5.74, 6) is -0.868. The molecule has 0 amide bonds. The predicted octanol–water partition coefficient (Wildman–Crippen LogP) is 7.59. The lowest BCUT2D eigenvalue weighted by atomic mass is 9.75. The molecular weight excluding hydrogens is 500 g/mol. The first-order valence-corrected chi connectivity index (χ1v) is 13.5. The van der Waals surface area contributed by atoms with Gasteiger partial charge in [0.05, 0.1) is 19.7 Å². The van der Waals surface area contributed by atoms with Crippen molar-refractivity contribution in [2.45, 2.75) is 77.2 Å². The first-order chi connectivity index (χ1) is 18.5. The fourth-order valence-corrected chi connectivity index (χ4v) is 6.56. The maximum absolute atomic E-state index is 15.6. The minimum atomic E-state index is -0.829. The van der Waals surface area contributed by atoms with E-state index in [1.807, 2.05) is 31.2 Å². The molecule has 2 aliphatic rings. The number of aromatic nitrogens is 1. The summed E-state index contributed by atoms with van der Waals surface area (Å²) in [4.78, 5) is 15.4. The minimum Gasteiger partial charge on any atom is -0.489 e. The molecule has 0 unspecified atom stereocenters. The van der Waals surface area contributed by atoms with Gasteiger partial charge in [-0.1, -0.05) is 33.3 Å². The molecule has 0 aliphatic heterocycles. The van der Waals surface area contributed by atoms with Crippen molar-refractivity contribution >= 4 is 5.97 Å². The van der Waals surface area contributed by atoms with Crippen LogP contribution >= 0.6 is 0 Å². The molecule has 2 atom stereocenters. The molecule has 206 valence electrons. The summed E-state index contributed by atoms with van der Waals surface area (Å²) in [7, 11) is 1.47. The van der Waals surface area contributed by atoms with Gasteiger partial charge in [-0.15, -0.1) is 0 Å². The van der Waals surface area contributed by atoms with E-state index in [2.05, 4.69) is 18.8 Å². The number of rotatable bonds is 8. The molecule has 0 saturated heterocycles. The molecule has 0 radical (unpaired) electrons. The number of fused-ring (bicyclic) bond motifs is 1. The predicted molar refractivity (Wildman–Crippen MR) is 145 cm³/mol. The maximum Gasteiger partial charge on any atom is 0.304 e. The quantitative estimate of drug-likeness (QED) is 0.322. The Labute approximate surface area is 228 Å². The third kappa shape index (κ3) is 5.23. The zero-order chi connectivity index (χ0) is 27.9. The molecule has 1 fully saturated rings. The summed E-state index contributed by atoms with van der Waals surface area (Å²) in [6, 6.07) is 10.5. The van der Waals surface area contributed by atoms with Gasteiger partial charge in [-0.05, 0) is 83.5 Å². The van der Waals surface area contributed by atoms with Crippen LogP contribution in [0.4, 0.5) is 8.78 Å². The van der Waals surface area contributed by atoms with Crippen molar-refractivity contribution in [1.82, 2.24) is 4.98 Å². The number of carbonyl (C=O) groups is 1. The molecule has 3 aromatic rings. The number of carboxylic acids is 1. The number of aliphatic carboxylic acids is 1. The van der Waals surface area contributed by atoms with Gasteiger partial charge in [0.15, 0.2) is 0 Å². The third-order valence-corrected chi connectivity index (χ3v) is 8.79. The summed E-state index contributed by atoms with van der Waals surface area (Å²) >= 11 is 0. The van der Waals surface area contributed by atoms with E-state index in [4.69, 9.17) is 9.47 Å². The van der Waals surface area contributed by atoms with Crippen molar-refractivity contribution in [2.75, 3.05) is 7.11 Å². The first kappa shape index (κ1) is 27.1. The fraction of sp³-hybridized carbons (Fsp3) is 0.438. The summed E-state index contributed by atoms with van der Waals surface area (Å²) in [6.07, 6.45) is 5.77. The Morgan fingerprint density at radius 2 is 1.87 bits per heavy atom. The molecule has 0 bridgehead atoms. The number of pyridine rings is 1. The van der Waals surface area contributed by atoms with Gasteiger partial charge in [-0.2, -0.15) is 0 Å². The molecule has 39 heavy (non-hydrogen) atoms. The number of carboxylic acid groups (broad SMARTS) is 1. The Balaban J connectivity index is 1.50. The normalized spacial score (nSPS) is 21.5. The van der Waals surface area contributed by atoms with E-state index in [9.17, 15) is 9.90 Å². The first-order valence-electron chi connectivity index (χ1n) is 13.5. The van der Waals surface area contributed by atoms with Crippen molar-refractivity contribution in [3.63, 3.8) is 0 Å². The van der Waals surface area contributed by atoms with Gasteiger partial charge in [0.1, 0.15) is 24.0 Å². The molecule has 0 spiro atoms. The summed E-state index contributed by atoms with van der Waals surface area (Å²) in [5, 5.41) is 9.41. The van der Waals surface area contributed by atoms with Crippen LogP contribution in [0.15, 0.2) is 42.6 Å². The van der Waals surface area contributed by atoms with Crippen molar-refractivity contribution in [3.05, 3.63) is 76.5 Å². The van der Waals surface area contributed by atoms with Gasteiger partial charge >= 0.3 is 5.97 Å². The van der Waals surface area contributed by atoms with Crippen LogP contribution in [-0.2, 0) is 23.2 Å². The summed E-state index contributed by atoms with van der Waals surface area (Å²) in [6.45, 7) is 6.38. The SMILES string of the molecule is COc1cc(-c2cc(F)c(COc3ccc4c(c3)[C@](C)(CC(=O)O)CC4)cc2[C@H]2CCCC2(C)C)c(F)cn1. The monoisotopic (exact) mass is 535 g/mol. The lowest BCUT2D eigenvalue weighted by Gasteiger charge is -2.30. The van der Waals surface area contributed by atoms with Crippen LogP contribution in [0.25, 0.3) is 11.1 Å². The highest BCUT2D eigenvalue weighted by Crippen LogP contribution is 2.52. The zero-order valence-electron chi connectivity index (χ0n) is 22.9. The molecule has 5 rings (SSSR count). The van der Waals surface area contributed by atoms with Gasteiger partial charge < -0.3 is 14.6 Å². The number of aryl methyl sites for hydroxylation is 1. The van der Waals surface area contributed by atoms with Gasteiger partial charge in [-0.25, -0.2) is 13.8 Å². The van der Waals surface area contributed by atoms with Crippen LogP contribution in [0.3, 0.4) is 0 Å².